The van der Waals surface area contributed by atoms with Crippen LogP contribution in [0.3, 0.4) is 0 Å². The highest BCUT2D eigenvalue weighted by Crippen LogP contribution is 2.42. The molecule has 0 aromatic heterocycles. The number of hydrogen-bond donors (Lipinski definition) is 6. The number of carbonyl (C=O) groups excluding carboxylic acids is 4. The molecule has 3 aliphatic rings. The quantitative estimate of drug-likeness (QED) is 0.0994. The molecule has 366 valence electrons. The number of nitrogens with zero attached hydrogens (tertiary/aromatic N) is 1. The number of amides is 1. The van der Waals surface area contributed by atoms with E-state index in [9.17, 15) is 39.6 Å². The van der Waals surface area contributed by atoms with Gasteiger partial charge in [0.1, 0.15) is 23.9 Å². The monoisotopic (exact) mass is 921 g/mol. The zero-order chi connectivity index (χ0) is 48.1. The fraction of sp³-hybridized carbons (Fsp3) is 0.911. The van der Waals surface area contributed by atoms with Crippen LogP contribution in [0.5, 0.6) is 0 Å². The molecule has 3 aliphatic heterocycles. The molecule has 5 N–H and O–H groups in total. The van der Waals surface area contributed by atoms with E-state index in [-0.39, 0.29) is 43.0 Å². The van der Waals surface area contributed by atoms with Crippen LogP contribution in [0, 0.1) is 29.1 Å². The third-order valence-corrected chi connectivity index (χ3v) is 13.7. The van der Waals surface area contributed by atoms with E-state index in [2.05, 4.69) is 17.9 Å². The summed E-state index contributed by atoms with van der Waals surface area (Å²) in [7, 11) is 1.81. The van der Waals surface area contributed by atoms with E-state index < -0.39 is 126 Å². The van der Waals surface area contributed by atoms with E-state index in [4.69, 9.17) is 33.2 Å². The Kier molecular flexibility index (Phi) is 19.8. The lowest BCUT2D eigenvalue weighted by Crippen LogP contribution is -2.59. The van der Waals surface area contributed by atoms with Crippen molar-refractivity contribution in [3.63, 3.8) is 0 Å². The van der Waals surface area contributed by atoms with Crippen molar-refractivity contribution in [3.8, 4) is 0 Å². The van der Waals surface area contributed by atoms with E-state index in [0.29, 0.717) is 13.0 Å². The van der Waals surface area contributed by atoms with Crippen molar-refractivity contribution < 1.29 is 72.8 Å². The SMILES string of the molecule is CC[C@H]1OC(=O)[C@H](C)[C@@H](O[C@H]2CC(C)(C)[C@@H](O)[C@H](C)O2)[C@H](C)[C@@H](O[C@@H]2O[C@H](C)C[C@H](C)[C@H]2OC(=O)[C@H](C)OC(=O)[C@@H](CS)NC(C)=O)[C@](C)(O)C[C@@H](C)CN(C)[C@H](C)[C@@H](O)[C@]1(C)O. The maximum absolute atomic E-state index is 14.4. The van der Waals surface area contributed by atoms with Gasteiger partial charge in [-0.1, -0.05) is 41.5 Å². The Bertz CT molecular complexity index is 1530. The van der Waals surface area contributed by atoms with Gasteiger partial charge in [-0.2, -0.15) is 12.6 Å². The number of nitrogens with one attached hydrogen (secondary N) is 1. The van der Waals surface area contributed by atoms with Gasteiger partial charge in [0.25, 0.3) is 0 Å². The lowest BCUT2D eigenvalue weighted by atomic mass is 9.77. The van der Waals surface area contributed by atoms with Crippen LogP contribution in [0.25, 0.3) is 0 Å². The minimum atomic E-state index is -1.85. The number of aliphatic hydroxyl groups excluding tert-OH is 2. The van der Waals surface area contributed by atoms with Gasteiger partial charge >= 0.3 is 17.9 Å². The van der Waals surface area contributed by atoms with Crippen molar-refractivity contribution in [1.29, 1.82) is 0 Å². The van der Waals surface area contributed by atoms with Crippen LogP contribution in [0.1, 0.15) is 123 Å². The standard InChI is InChI=1S/C45H80N2O15S/c1-16-32-45(14,55)36(49)27(7)47(15)20-22(2)18-44(13,54)38(25(5)35(26(6)39(51)59-32)60-33-19-43(11,12)37(50)28(8)57-33)62-42-34(23(3)17-24(4)56-42)61-40(52)29(9)58-41(53)31(21-63)46-30(10)48/h22-29,31-38,42,49-50,54-55,63H,16-21H2,1-15H3,(H,46,48)/t22-,23+,24-,25+,26-,27-,28+,29+,31-,32-,33+,34-,35+,36-,37+,38-,42+,44-,45-/m1/s1. The number of rotatable bonds is 11. The molecule has 0 aliphatic carbocycles. The molecule has 0 aromatic rings. The number of likely N-dealkylation sites (N-methyl/N-ethyl adjacent to an activating group) is 1. The predicted molar refractivity (Wildman–Crippen MR) is 235 cm³/mol. The van der Waals surface area contributed by atoms with Crippen molar-refractivity contribution in [2.75, 3.05) is 19.3 Å². The van der Waals surface area contributed by atoms with Gasteiger partial charge in [0.15, 0.2) is 24.8 Å². The molecule has 3 fully saturated rings. The van der Waals surface area contributed by atoms with Crippen LogP contribution >= 0.6 is 12.6 Å². The van der Waals surface area contributed by atoms with E-state index in [1.165, 1.54) is 20.8 Å². The Balaban J connectivity index is 2.15. The van der Waals surface area contributed by atoms with E-state index >= 15 is 0 Å². The number of cyclic esters (lactones) is 1. The normalized spacial score (nSPS) is 42.1. The molecule has 0 spiro atoms. The van der Waals surface area contributed by atoms with Crippen LogP contribution < -0.4 is 5.32 Å². The molecule has 3 rings (SSSR count). The molecule has 3 saturated heterocycles. The number of ether oxygens (including phenoxy) is 7. The Labute approximate surface area is 380 Å². The minimum Gasteiger partial charge on any atom is -0.459 e. The van der Waals surface area contributed by atoms with Crippen molar-refractivity contribution in [2.45, 2.75) is 213 Å². The average Bonchev–Trinajstić information content (AvgIpc) is 3.17. The second-order valence-corrected chi connectivity index (χ2v) is 20.4. The maximum Gasteiger partial charge on any atom is 0.347 e. The fourth-order valence-electron chi connectivity index (χ4n) is 9.64. The molecule has 19 atom stereocenters. The zero-order valence-electron chi connectivity index (χ0n) is 40.2. The Hall–Kier alpha value is -2.13. The molecule has 1 amide bonds. The third-order valence-electron chi connectivity index (χ3n) is 13.4. The molecule has 18 heteroatoms. The molecule has 17 nitrogen and oxygen atoms in total. The molecule has 0 unspecified atom stereocenters. The van der Waals surface area contributed by atoms with E-state index in [1.54, 1.807) is 48.6 Å². The topological polar surface area (TPSA) is 229 Å². The Morgan fingerprint density at radius 2 is 1.56 bits per heavy atom. The van der Waals surface area contributed by atoms with Gasteiger partial charge in [0.2, 0.25) is 5.91 Å². The highest BCUT2D eigenvalue weighted by atomic mass is 32.1. The molecule has 3 heterocycles. The zero-order valence-corrected chi connectivity index (χ0v) is 41.1. The van der Waals surface area contributed by atoms with Crippen molar-refractivity contribution >= 4 is 36.4 Å². The molecule has 63 heavy (non-hydrogen) atoms. The molecule has 0 aromatic carbocycles. The van der Waals surface area contributed by atoms with Gasteiger partial charge in [-0.15, -0.1) is 0 Å². The largest absolute Gasteiger partial charge is 0.459 e. The number of carbonyl (C=O) groups is 4. The highest BCUT2D eigenvalue weighted by Gasteiger charge is 2.52. The first-order valence-electron chi connectivity index (χ1n) is 22.6. The van der Waals surface area contributed by atoms with Crippen LogP contribution in [0.2, 0.25) is 0 Å². The summed E-state index contributed by atoms with van der Waals surface area (Å²) in [6.07, 6.45) is -10.1. The smallest absolute Gasteiger partial charge is 0.347 e. The Morgan fingerprint density at radius 1 is 0.937 bits per heavy atom. The van der Waals surface area contributed by atoms with E-state index in [1.807, 2.05) is 39.5 Å². The van der Waals surface area contributed by atoms with Crippen molar-refractivity contribution in [2.24, 2.45) is 29.1 Å². The first-order chi connectivity index (χ1) is 29.0. The Morgan fingerprint density at radius 3 is 2.11 bits per heavy atom. The summed E-state index contributed by atoms with van der Waals surface area (Å²) in [6, 6.07) is -1.69. The second kappa shape index (κ2) is 22.6. The van der Waals surface area contributed by atoms with Gasteiger partial charge in [-0.3, -0.25) is 9.59 Å². The summed E-state index contributed by atoms with van der Waals surface area (Å²) < 4.78 is 43.7. The molecule has 0 radical (unpaired) electrons. The molecular formula is C45H80N2O15S. The summed E-state index contributed by atoms with van der Waals surface area (Å²) in [5.74, 6) is -5.54. The molecule has 0 saturated carbocycles. The maximum atomic E-state index is 14.4. The number of esters is 3. The summed E-state index contributed by atoms with van der Waals surface area (Å²) in [4.78, 5) is 54.4. The number of hydrogen-bond acceptors (Lipinski definition) is 17. The first-order valence-corrected chi connectivity index (χ1v) is 23.2. The molecular weight excluding hydrogens is 841 g/mol. The number of aliphatic hydroxyl groups is 4. The summed E-state index contributed by atoms with van der Waals surface area (Å²) in [5, 5.41) is 49.6. The van der Waals surface area contributed by atoms with Crippen LogP contribution in [0.4, 0.5) is 0 Å². The van der Waals surface area contributed by atoms with Crippen LogP contribution in [0.15, 0.2) is 0 Å². The fourth-order valence-corrected chi connectivity index (χ4v) is 9.88. The summed E-state index contributed by atoms with van der Waals surface area (Å²) >= 11 is 4.12. The average molecular weight is 921 g/mol. The van der Waals surface area contributed by atoms with Crippen molar-refractivity contribution in [3.05, 3.63) is 0 Å². The van der Waals surface area contributed by atoms with Crippen molar-refractivity contribution in [1.82, 2.24) is 10.2 Å². The van der Waals surface area contributed by atoms with Crippen LogP contribution in [-0.4, -0.2) is 159 Å². The lowest BCUT2D eigenvalue weighted by Gasteiger charge is -2.48. The molecule has 0 bridgehead atoms. The van der Waals surface area contributed by atoms with Crippen LogP contribution in [-0.2, 0) is 52.3 Å². The second-order valence-electron chi connectivity index (χ2n) is 20.0. The van der Waals surface area contributed by atoms with Gasteiger partial charge in [-0.25, -0.2) is 9.59 Å². The number of thiol groups is 1. The predicted octanol–water partition coefficient (Wildman–Crippen LogP) is 3.14. The lowest BCUT2D eigenvalue weighted by molar-refractivity contribution is -0.314. The highest BCUT2D eigenvalue weighted by molar-refractivity contribution is 7.80. The van der Waals surface area contributed by atoms with E-state index in [0.717, 1.165) is 0 Å². The van der Waals surface area contributed by atoms with Gasteiger partial charge < -0.3 is 63.8 Å². The summed E-state index contributed by atoms with van der Waals surface area (Å²) in [5.41, 5.74) is -4.17. The summed E-state index contributed by atoms with van der Waals surface area (Å²) in [6.45, 7) is 24.2. The minimum absolute atomic E-state index is 0.0659. The third kappa shape index (κ3) is 14.0. The van der Waals surface area contributed by atoms with Gasteiger partial charge in [-0.05, 0) is 86.1 Å². The van der Waals surface area contributed by atoms with Gasteiger partial charge in [0, 0.05) is 43.5 Å². The first kappa shape index (κ1) is 55.2. The van der Waals surface area contributed by atoms with Gasteiger partial charge in [0.05, 0.1) is 42.0 Å².